The van der Waals surface area contributed by atoms with E-state index < -0.39 is 5.60 Å². The van der Waals surface area contributed by atoms with Crippen molar-refractivity contribution in [1.29, 1.82) is 0 Å². The molecule has 2 N–H and O–H groups in total. The van der Waals surface area contributed by atoms with Crippen LogP contribution in [0, 0.1) is 0 Å². The number of benzene rings is 1. The summed E-state index contributed by atoms with van der Waals surface area (Å²) in [7, 11) is 1.98. The number of nitrogens with one attached hydrogen (secondary N) is 1. The van der Waals surface area contributed by atoms with E-state index >= 15 is 0 Å². The number of halogens is 1. The summed E-state index contributed by atoms with van der Waals surface area (Å²) in [6.45, 7) is 5.69. The van der Waals surface area contributed by atoms with E-state index in [1.54, 1.807) is 0 Å². The standard InChI is InChI=1S/C18H29N3O3.HI/c1-3-19-17(20-15-18(22)9-12-23-13-10-18)21(2)11-14-24-16-7-5-4-6-8-16;/h4-8,22H,3,9-15H2,1-2H3,(H,19,20);1H. The van der Waals surface area contributed by atoms with Gasteiger partial charge in [0.1, 0.15) is 12.4 Å². The van der Waals surface area contributed by atoms with Crippen molar-refractivity contribution in [3.8, 4) is 5.75 Å². The summed E-state index contributed by atoms with van der Waals surface area (Å²) in [6, 6.07) is 9.77. The highest BCUT2D eigenvalue weighted by atomic mass is 127. The topological polar surface area (TPSA) is 66.3 Å². The molecule has 1 aliphatic heterocycles. The van der Waals surface area contributed by atoms with E-state index in [-0.39, 0.29) is 24.0 Å². The summed E-state index contributed by atoms with van der Waals surface area (Å²) < 4.78 is 11.0. The van der Waals surface area contributed by atoms with Gasteiger partial charge in [0, 0.05) is 39.6 Å². The fourth-order valence-electron chi connectivity index (χ4n) is 2.52. The first kappa shape index (κ1) is 22.0. The maximum Gasteiger partial charge on any atom is 0.193 e. The molecule has 2 rings (SSSR count). The van der Waals surface area contributed by atoms with E-state index in [9.17, 15) is 5.11 Å². The molecule has 0 amide bonds. The van der Waals surface area contributed by atoms with Gasteiger partial charge in [0.2, 0.25) is 0 Å². The Balaban J connectivity index is 0.00000312. The highest BCUT2D eigenvalue weighted by molar-refractivity contribution is 14.0. The molecule has 1 aromatic carbocycles. The van der Waals surface area contributed by atoms with Crippen molar-refractivity contribution in [2.45, 2.75) is 25.4 Å². The van der Waals surface area contributed by atoms with Crippen molar-refractivity contribution in [3.05, 3.63) is 30.3 Å². The molecule has 0 bridgehead atoms. The number of hydrogen-bond donors (Lipinski definition) is 2. The van der Waals surface area contributed by atoms with Gasteiger partial charge in [0.25, 0.3) is 0 Å². The summed E-state index contributed by atoms with van der Waals surface area (Å²) in [6.07, 6.45) is 1.27. The Bertz CT molecular complexity index is 508. The molecule has 0 unspecified atom stereocenters. The Kier molecular flexibility index (Phi) is 10.1. The summed E-state index contributed by atoms with van der Waals surface area (Å²) in [5.74, 6) is 1.65. The molecular formula is C18H30IN3O3. The SMILES string of the molecule is CCNC(=NCC1(O)CCOCC1)N(C)CCOc1ccccc1.I. The third kappa shape index (κ3) is 7.79. The van der Waals surface area contributed by atoms with Crippen LogP contribution in [0.2, 0.25) is 0 Å². The highest BCUT2D eigenvalue weighted by Crippen LogP contribution is 2.20. The molecule has 1 aliphatic rings. The minimum atomic E-state index is -0.750. The monoisotopic (exact) mass is 463 g/mol. The molecule has 25 heavy (non-hydrogen) atoms. The number of rotatable bonds is 7. The Morgan fingerprint density at radius 2 is 2.00 bits per heavy atom. The number of aliphatic imine (C=N–C) groups is 1. The second-order valence-electron chi connectivity index (χ2n) is 6.09. The van der Waals surface area contributed by atoms with Gasteiger partial charge < -0.3 is 24.8 Å². The minimum absolute atomic E-state index is 0. The van der Waals surface area contributed by atoms with Crippen molar-refractivity contribution in [3.63, 3.8) is 0 Å². The Morgan fingerprint density at radius 1 is 1.32 bits per heavy atom. The number of aliphatic hydroxyl groups is 1. The molecule has 0 spiro atoms. The van der Waals surface area contributed by atoms with E-state index in [1.807, 2.05) is 49.2 Å². The van der Waals surface area contributed by atoms with Crippen LogP contribution in [-0.4, -0.2) is 68.1 Å². The number of hydrogen-bond acceptors (Lipinski definition) is 4. The molecule has 142 valence electrons. The van der Waals surface area contributed by atoms with Gasteiger partial charge in [-0.15, -0.1) is 24.0 Å². The second-order valence-corrected chi connectivity index (χ2v) is 6.09. The van der Waals surface area contributed by atoms with Crippen LogP contribution in [0.1, 0.15) is 19.8 Å². The Labute approximate surface area is 167 Å². The zero-order chi connectivity index (χ0) is 17.3. The lowest BCUT2D eigenvalue weighted by molar-refractivity contribution is -0.0566. The maximum absolute atomic E-state index is 10.5. The van der Waals surface area contributed by atoms with Gasteiger partial charge in [-0.3, -0.25) is 4.99 Å². The molecule has 7 heteroatoms. The van der Waals surface area contributed by atoms with E-state index in [0.717, 1.165) is 18.3 Å². The molecule has 0 aromatic heterocycles. The van der Waals surface area contributed by atoms with Crippen molar-refractivity contribution >= 4 is 29.9 Å². The first-order valence-corrected chi connectivity index (χ1v) is 8.60. The summed E-state index contributed by atoms with van der Waals surface area (Å²) in [4.78, 5) is 6.63. The molecule has 0 aliphatic carbocycles. The quantitative estimate of drug-likeness (QED) is 0.369. The van der Waals surface area contributed by atoms with Crippen LogP contribution in [-0.2, 0) is 4.74 Å². The number of likely N-dealkylation sites (N-methyl/N-ethyl adjacent to an activating group) is 1. The average molecular weight is 463 g/mol. The first-order valence-electron chi connectivity index (χ1n) is 8.60. The smallest absolute Gasteiger partial charge is 0.193 e. The number of ether oxygens (including phenoxy) is 2. The number of nitrogens with zero attached hydrogens (tertiary/aromatic N) is 2. The van der Waals surface area contributed by atoms with Crippen LogP contribution in [0.3, 0.4) is 0 Å². The molecule has 0 saturated carbocycles. The van der Waals surface area contributed by atoms with Gasteiger partial charge in [-0.25, -0.2) is 0 Å². The Hall–Kier alpha value is -1.06. The van der Waals surface area contributed by atoms with Gasteiger partial charge >= 0.3 is 0 Å². The second kappa shape index (κ2) is 11.5. The lowest BCUT2D eigenvalue weighted by Crippen LogP contribution is -2.44. The van der Waals surface area contributed by atoms with E-state index in [2.05, 4.69) is 10.3 Å². The van der Waals surface area contributed by atoms with Crippen molar-refractivity contribution in [2.75, 3.05) is 46.5 Å². The molecule has 6 nitrogen and oxygen atoms in total. The average Bonchev–Trinajstić information content (AvgIpc) is 2.60. The van der Waals surface area contributed by atoms with Crippen molar-refractivity contribution in [2.24, 2.45) is 4.99 Å². The zero-order valence-corrected chi connectivity index (χ0v) is 17.4. The molecule has 0 radical (unpaired) electrons. The third-order valence-corrected chi connectivity index (χ3v) is 4.08. The summed E-state index contributed by atoms with van der Waals surface area (Å²) in [5.41, 5.74) is -0.750. The maximum atomic E-state index is 10.5. The van der Waals surface area contributed by atoms with E-state index in [1.165, 1.54) is 0 Å². The molecule has 0 atom stereocenters. The van der Waals surface area contributed by atoms with Crippen molar-refractivity contribution in [1.82, 2.24) is 10.2 Å². The van der Waals surface area contributed by atoms with Gasteiger partial charge in [0.15, 0.2) is 5.96 Å². The fraction of sp³-hybridized carbons (Fsp3) is 0.611. The van der Waals surface area contributed by atoms with Crippen LogP contribution in [0.25, 0.3) is 0 Å². The first-order chi connectivity index (χ1) is 11.6. The third-order valence-electron chi connectivity index (χ3n) is 4.08. The van der Waals surface area contributed by atoms with Crippen LogP contribution < -0.4 is 10.1 Å². The van der Waals surface area contributed by atoms with Crippen LogP contribution in [0.5, 0.6) is 5.75 Å². The predicted molar refractivity (Wildman–Crippen MR) is 111 cm³/mol. The van der Waals surface area contributed by atoms with Crippen LogP contribution in [0.15, 0.2) is 35.3 Å². The molecule has 1 aromatic rings. The number of para-hydroxylation sites is 1. The lowest BCUT2D eigenvalue weighted by atomic mass is 9.95. The normalized spacial score (nSPS) is 16.7. The zero-order valence-electron chi connectivity index (χ0n) is 15.1. The predicted octanol–water partition coefficient (Wildman–Crippen LogP) is 2.12. The molecule has 1 saturated heterocycles. The minimum Gasteiger partial charge on any atom is -0.492 e. The van der Waals surface area contributed by atoms with Gasteiger partial charge in [-0.2, -0.15) is 0 Å². The largest absolute Gasteiger partial charge is 0.492 e. The van der Waals surface area contributed by atoms with Crippen LogP contribution in [0.4, 0.5) is 0 Å². The molecule has 1 fully saturated rings. The Morgan fingerprint density at radius 3 is 2.64 bits per heavy atom. The van der Waals surface area contributed by atoms with Crippen molar-refractivity contribution < 1.29 is 14.6 Å². The van der Waals surface area contributed by atoms with Gasteiger partial charge in [0.05, 0.1) is 18.7 Å². The lowest BCUT2D eigenvalue weighted by Gasteiger charge is -2.31. The summed E-state index contributed by atoms with van der Waals surface area (Å²) >= 11 is 0. The highest BCUT2D eigenvalue weighted by Gasteiger charge is 2.29. The molecular weight excluding hydrogens is 433 g/mol. The number of guanidine groups is 1. The van der Waals surface area contributed by atoms with Gasteiger partial charge in [-0.1, -0.05) is 18.2 Å². The fourth-order valence-corrected chi connectivity index (χ4v) is 2.52. The van der Waals surface area contributed by atoms with E-state index in [4.69, 9.17) is 9.47 Å². The summed E-state index contributed by atoms with van der Waals surface area (Å²) in [5, 5.41) is 13.8. The molecule has 1 heterocycles. The van der Waals surface area contributed by atoms with Gasteiger partial charge in [-0.05, 0) is 19.1 Å². The van der Waals surface area contributed by atoms with E-state index in [0.29, 0.717) is 45.8 Å². The van der Waals surface area contributed by atoms with Crippen LogP contribution >= 0.6 is 24.0 Å².